The molecule has 0 radical (unpaired) electrons. The van der Waals surface area contributed by atoms with E-state index in [0.717, 1.165) is 11.3 Å². The Bertz CT molecular complexity index is 827. The molecule has 22 heavy (non-hydrogen) atoms. The van der Waals surface area contributed by atoms with Gasteiger partial charge in [0.2, 0.25) is 0 Å². The first kappa shape index (κ1) is 14.4. The van der Waals surface area contributed by atoms with Crippen molar-refractivity contribution in [2.24, 2.45) is 7.05 Å². The summed E-state index contributed by atoms with van der Waals surface area (Å²) >= 11 is 0. The third-order valence-electron chi connectivity index (χ3n) is 4.24. The van der Waals surface area contributed by atoms with Crippen molar-refractivity contribution in [2.45, 2.75) is 19.9 Å². The van der Waals surface area contributed by atoms with Gasteiger partial charge in [-0.2, -0.15) is 0 Å². The van der Waals surface area contributed by atoms with Gasteiger partial charge < -0.3 is 9.88 Å². The van der Waals surface area contributed by atoms with Crippen molar-refractivity contribution in [1.82, 2.24) is 9.88 Å². The second kappa shape index (κ2) is 5.68. The standard InChI is InChI=1S/C19H20N2O/c1-13-11-12-18(21(13)3)19(22)20-14(2)16-10-6-8-15-7-4-5-9-17(15)16/h4-12,14H,1-3H3,(H,20,22)/t14-/m0/s1. The monoisotopic (exact) mass is 292 g/mol. The predicted octanol–water partition coefficient (Wildman–Crippen LogP) is 3.98. The maximum atomic E-state index is 12.5. The van der Waals surface area contributed by atoms with E-state index in [1.807, 2.05) is 55.8 Å². The highest BCUT2D eigenvalue weighted by atomic mass is 16.2. The van der Waals surface area contributed by atoms with E-state index in [2.05, 4.69) is 29.6 Å². The lowest BCUT2D eigenvalue weighted by atomic mass is 9.99. The minimum absolute atomic E-state index is 0.0453. The van der Waals surface area contributed by atoms with Crippen LogP contribution in [0.5, 0.6) is 0 Å². The lowest BCUT2D eigenvalue weighted by Gasteiger charge is -2.17. The van der Waals surface area contributed by atoms with Gasteiger partial charge in [0.1, 0.15) is 5.69 Å². The molecule has 0 saturated heterocycles. The van der Waals surface area contributed by atoms with Crippen LogP contribution in [0, 0.1) is 6.92 Å². The summed E-state index contributed by atoms with van der Waals surface area (Å²) in [6.45, 7) is 4.01. The molecule has 1 atom stereocenters. The number of carbonyl (C=O) groups excluding carboxylic acids is 1. The first-order valence-corrected chi connectivity index (χ1v) is 7.49. The molecule has 0 saturated carbocycles. The molecule has 3 aromatic rings. The Labute approximate surface area is 130 Å². The summed E-state index contributed by atoms with van der Waals surface area (Å²) < 4.78 is 1.91. The van der Waals surface area contributed by atoms with E-state index in [1.54, 1.807) is 0 Å². The Balaban J connectivity index is 1.89. The predicted molar refractivity (Wildman–Crippen MR) is 90.0 cm³/mol. The fraction of sp³-hybridized carbons (Fsp3) is 0.211. The molecule has 3 rings (SSSR count). The van der Waals surface area contributed by atoms with Crippen LogP contribution < -0.4 is 5.32 Å². The third-order valence-corrected chi connectivity index (χ3v) is 4.24. The number of fused-ring (bicyclic) bond motifs is 1. The number of carbonyl (C=O) groups is 1. The minimum Gasteiger partial charge on any atom is -0.344 e. The van der Waals surface area contributed by atoms with Gasteiger partial charge in [0.25, 0.3) is 5.91 Å². The molecule has 1 N–H and O–H groups in total. The number of nitrogens with one attached hydrogen (secondary N) is 1. The van der Waals surface area contributed by atoms with Gasteiger partial charge in [0.05, 0.1) is 6.04 Å². The maximum Gasteiger partial charge on any atom is 0.268 e. The molecule has 1 heterocycles. The lowest BCUT2D eigenvalue weighted by Crippen LogP contribution is -2.28. The molecule has 0 aliphatic rings. The fourth-order valence-electron chi connectivity index (χ4n) is 2.82. The number of rotatable bonds is 3. The molecule has 2 aromatic carbocycles. The number of aryl methyl sites for hydroxylation is 1. The van der Waals surface area contributed by atoms with Crippen LogP contribution in [0.3, 0.4) is 0 Å². The van der Waals surface area contributed by atoms with Crippen molar-refractivity contribution in [1.29, 1.82) is 0 Å². The van der Waals surface area contributed by atoms with E-state index in [1.165, 1.54) is 10.8 Å². The van der Waals surface area contributed by atoms with Gasteiger partial charge in [-0.1, -0.05) is 42.5 Å². The van der Waals surface area contributed by atoms with Crippen molar-refractivity contribution in [2.75, 3.05) is 0 Å². The van der Waals surface area contributed by atoms with Crippen LogP contribution in [0.25, 0.3) is 10.8 Å². The molecule has 0 spiro atoms. The van der Waals surface area contributed by atoms with Crippen molar-refractivity contribution < 1.29 is 4.79 Å². The van der Waals surface area contributed by atoms with E-state index < -0.39 is 0 Å². The molecule has 0 unspecified atom stereocenters. The number of hydrogen-bond acceptors (Lipinski definition) is 1. The second-order valence-electron chi connectivity index (χ2n) is 5.68. The van der Waals surface area contributed by atoms with Crippen LogP contribution in [0.4, 0.5) is 0 Å². The van der Waals surface area contributed by atoms with Crippen LogP contribution in [0.2, 0.25) is 0 Å². The summed E-state index contributed by atoms with van der Waals surface area (Å²) in [4.78, 5) is 12.5. The Morgan fingerprint density at radius 1 is 1.05 bits per heavy atom. The van der Waals surface area contributed by atoms with Gasteiger partial charge in [0.15, 0.2) is 0 Å². The van der Waals surface area contributed by atoms with Crippen LogP contribution in [-0.4, -0.2) is 10.5 Å². The fourth-order valence-corrected chi connectivity index (χ4v) is 2.82. The van der Waals surface area contributed by atoms with E-state index in [4.69, 9.17) is 0 Å². The number of hydrogen-bond donors (Lipinski definition) is 1. The normalized spacial score (nSPS) is 12.3. The summed E-state index contributed by atoms with van der Waals surface area (Å²) in [5.41, 5.74) is 2.89. The van der Waals surface area contributed by atoms with E-state index >= 15 is 0 Å². The minimum atomic E-state index is -0.0474. The quantitative estimate of drug-likeness (QED) is 0.778. The number of aromatic nitrogens is 1. The zero-order chi connectivity index (χ0) is 15.7. The summed E-state index contributed by atoms with van der Waals surface area (Å²) in [5.74, 6) is -0.0453. The van der Waals surface area contributed by atoms with Crippen LogP contribution >= 0.6 is 0 Å². The van der Waals surface area contributed by atoms with Gasteiger partial charge in [-0.25, -0.2) is 0 Å². The van der Waals surface area contributed by atoms with E-state index in [-0.39, 0.29) is 11.9 Å². The molecule has 0 aliphatic carbocycles. The highest BCUT2D eigenvalue weighted by molar-refractivity contribution is 5.94. The Hall–Kier alpha value is -2.55. The molecule has 112 valence electrons. The smallest absolute Gasteiger partial charge is 0.268 e. The largest absolute Gasteiger partial charge is 0.344 e. The molecule has 0 aliphatic heterocycles. The summed E-state index contributed by atoms with van der Waals surface area (Å²) in [5, 5.41) is 5.47. The third kappa shape index (κ3) is 2.50. The highest BCUT2D eigenvalue weighted by Gasteiger charge is 2.16. The zero-order valence-electron chi connectivity index (χ0n) is 13.1. The van der Waals surface area contributed by atoms with E-state index in [0.29, 0.717) is 5.69 Å². The number of nitrogens with zero attached hydrogens (tertiary/aromatic N) is 1. The highest BCUT2D eigenvalue weighted by Crippen LogP contribution is 2.24. The first-order valence-electron chi connectivity index (χ1n) is 7.49. The van der Waals surface area contributed by atoms with Gasteiger partial charge >= 0.3 is 0 Å². The van der Waals surface area contributed by atoms with E-state index in [9.17, 15) is 4.79 Å². The van der Waals surface area contributed by atoms with Crippen molar-refractivity contribution >= 4 is 16.7 Å². The lowest BCUT2D eigenvalue weighted by molar-refractivity contribution is 0.0931. The second-order valence-corrected chi connectivity index (χ2v) is 5.68. The molecule has 1 amide bonds. The van der Waals surface area contributed by atoms with Crippen LogP contribution in [0.1, 0.15) is 34.7 Å². The number of benzene rings is 2. The molecular weight excluding hydrogens is 272 g/mol. The van der Waals surface area contributed by atoms with Crippen molar-refractivity contribution in [3.8, 4) is 0 Å². The van der Waals surface area contributed by atoms with Gasteiger partial charge in [-0.05, 0) is 42.3 Å². The van der Waals surface area contributed by atoms with Crippen molar-refractivity contribution in [3.63, 3.8) is 0 Å². The summed E-state index contributed by atoms with van der Waals surface area (Å²) in [6, 6.07) is 18.2. The van der Waals surface area contributed by atoms with Gasteiger partial charge in [0, 0.05) is 12.7 Å². The average molecular weight is 292 g/mol. The van der Waals surface area contributed by atoms with Gasteiger partial charge in [-0.15, -0.1) is 0 Å². The van der Waals surface area contributed by atoms with Gasteiger partial charge in [-0.3, -0.25) is 4.79 Å². The SMILES string of the molecule is Cc1ccc(C(=O)N[C@@H](C)c2cccc3ccccc23)n1C. The molecule has 3 nitrogen and oxygen atoms in total. The van der Waals surface area contributed by atoms with Crippen LogP contribution in [0.15, 0.2) is 54.6 Å². The van der Waals surface area contributed by atoms with Crippen LogP contribution in [-0.2, 0) is 7.05 Å². The molecule has 0 bridgehead atoms. The molecule has 1 aromatic heterocycles. The Morgan fingerprint density at radius 3 is 2.50 bits per heavy atom. The Kier molecular flexibility index (Phi) is 3.72. The Morgan fingerprint density at radius 2 is 1.77 bits per heavy atom. The molecule has 3 heteroatoms. The molecule has 0 fully saturated rings. The topological polar surface area (TPSA) is 34.0 Å². The van der Waals surface area contributed by atoms with Crippen molar-refractivity contribution in [3.05, 3.63) is 71.5 Å². The average Bonchev–Trinajstić information content (AvgIpc) is 2.86. The molecular formula is C19H20N2O. The first-order chi connectivity index (χ1) is 10.6. The summed E-state index contributed by atoms with van der Waals surface area (Å²) in [6.07, 6.45) is 0. The zero-order valence-corrected chi connectivity index (χ0v) is 13.1. The summed E-state index contributed by atoms with van der Waals surface area (Å²) in [7, 11) is 1.91. The number of amides is 1. The maximum absolute atomic E-state index is 12.5.